The van der Waals surface area contributed by atoms with Gasteiger partial charge >= 0.3 is 0 Å². The number of rotatable bonds is 5. The van der Waals surface area contributed by atoms with Gasteiger partial charge in [0.2, 0.25) is 0 Å². The Morgan fingerprint density at radius 1 is 0.943 bits per heavy atom. The topological polar surface area (TPSA) is 15.6 Å². The molecule has 0 saturated heterocycles. The number of anilines is 1. The number of hydrogen-bond acceptors (Lipinski definition) is 2. The van der Waals surface area contributed by atoms with Crippen molar-refractivity contribution in [2.24, 2.45) is 22.7 Å². The molecule has 0 amide bonds. The van der Waals surface area contributed by atoms with Crippen LogP contribution in [0.15, 0.2) is 47.5 Å². The zero-order valence-electron chi connectivity index (χ0n) is 22.4. The first kappa shape index (κ1) is 23.1. The van der Waals surface area contributed by atoms with Crippen molar-refractivity contribution < 1.29 is 0 Å². The monoisotopic (exact) mass is 466 g/mol. The van der Waals surface area contributed by atoms with Crippen molar-refractivity contribution >= 4 is 23.2 Å². The molecule has 2 heteroatoms. The largest absolute Gasteiger partial charge is 0.362 e. The van der Waals surface area contributed by atoms with E-state index in [1.54, 1.807) is 5.56 Å². The third kappa shape index (κ3) is 3.98. The molecule has 5 aliphatic rings. The summed E-state index contributed by atoms with van der Waals surface area (Å²) >= 11 is 0. The minimum atomic E-state index is 0.0492. The maximum atomic E-state index is 4.92. The lowest BCUT2D eigenvalue weighted by Crippen LogP contribution is -2.48. The molecule has 184 valence electrons. The molecular weight excluding hydrogens is 424 g/mol. The molecule has 7 rings (SSSR count). The molecule has 2 nitrogen and oxygen atoms in total. The van der Waals surface area contributed by atoms with Gasteiger partial charge < -0.3 is 4.90 Å². The number of hydrogen-bond donors (Lipinski definition) is 0. The zero-order chi connectivity index (χ0) is 24.4. The summed E-state index contributed by atoms with van der Waals surface area (Å²) in [4.78, 5) is 7.49. The van der Waals surface area contributed by atoms with Crippen LogP contribution in [0.2, 0.25) is 0 Å². The van der Waals surface area contributed by atoms with E-state index in [1.807, 2.05) is 0 Å². The van der Waals surface area contributed by atoms with Gasteiger partial charge in [-0.15, -0.1) is 0 Å². The molecule has 4 bridgehead atoms. The van der Waals surface area contributed by atoms with Crippen molar-refractivity contribution in [3.8, 4) is 0 Å². The first-order valence-corrected chi connectivity index (χ1v) is 14.0. The predicted octanol–water partition coefficient (Wildman–Crippen LogP) is 8.63. The Hall–Kier alpha value is -2.35. The van der Waals surface area contributed by atoms with Gasteiger partial charge in [-0.25, -0.2) is 0 Å². The smallest absolute Gasteiger partial charge is 0.0630 e. The summed E-state index contributed by atoms with van der Waals surface area (Å²) in [6.45, 7) is 12.5. The maximum absolute atomic E-state index is 4.92. The lowest BCUT2D eigenvalue weighted by Gasteiger charge is -2.57. The average molecular weight is 467 g/mol. The minimum Gasteiger partial charge on any atom is -0.362 e. The van der Waals surface area contributed by atoms with Gasteiger partial charge in [-0.05, 0) is 142 Å². The molecule has 1 heterocycles. The van der Waals surface area contributed by atoms with Crippen LogP contribution in [0.3, 0.4) is 0 Å². The summed E-state index contributed by atoms with van der Waals surface area (Å²) in [7, 11) is 0. The molecule has 0 atom stereocenters. The fraction of sp³-hybridized carbons (Fsp3) is 0.545. The highest BCUT2D eigenvalue weighted by molar-refractivity contribution is 5.90. The normalized spacial score (nSPS) is 30.6. The Morgan fingerprint density at radius 3 is 2.17 bits per heavy atom. The van der Waals surface area contributed by atoms with Crippen LogP contribution in [-0.4, -0.2) is 18.3 Å². The van der Waals surface area contributed by atoms with Gasteiger partial charge in [-0.2, -0.15) is 0 Å². The van der Waals surface area contributed by atoms with E-state index >= 15 is 0 Å². The molecule has 2 aromatic rings. The van der Waals surface area contributed by atoms with Crippen LogP contribution in [0, 0.1) is 24.7 Å². The Balaban J connectivity index is 1.25. The molecule has 2 aromatic carbocycles. The Bertz CT molecular complexity index is 1150. The van der Waals surface area contributed by atoms with E-state index in [9.17, 15) is 0 Å². The summed E-state index contributed by atoms with van der Waals surface area (Å²) in [5, 5.41) is 0. The van der Waals surface area contributed by atoms with Crippen molar-refractivity contribution in [1.29, 1.82) is 0 Å². The van der Waals surface area contributed by atoms with Gasteiger partial charge in [0.05, 0.1) is 11.2 Å². The summed E-state index contributed by atoms with van der Waals surface area (Å²) in [6, 6.07) is 14.0. The summed E-state index contributed by atoms with van der Waals surface area (Å²) in [5.74, 6) is 2.96. The van der Waals surface area contributed by atoms with Crippen LogP contribution in [0.1, 0.15) is 94.9 Å². The predicted molar refractivity (Wildman–Crippen MR) is 150 cm³/mol. The highest BCUT2D eigenvalue weighted by Gasteiger charge is 2.51. The van der Waals surface area contributed by atoms with Crippen molar-refractivity contribution in [3.05, 3.63) is 64.7 Å². The van der Waals surface area contributed by atoms with Crippen molar-refractivity contribution in [2.75, 3.05) is 11.4 Å². The van der Waals surface area contributed by atoms with E-state index in [0.717, 1.165) is 36.4 Å². The van der Waals surface area contributed by atoms with Crippen LogP contribution >= 0.6 is 0 Å². The lowest BCUT2D eigenvalue weighted by molar-refractivity contribution is -0.00518. The second kappa shape index (κ2) is 8.36. The lowest BCUT2D eigenvalue weighted by atomic mass is 9.48. The third-order valence-corrected chi connectivity index (χ3v) is 9.68. The van der Waals surface area contributed by atoms with Gasteiger partial charge in [0.15, 0.2) is 0 Å². The highest BCUT2D eigenvalue weighted by atomic mass is 15.2. The third-order valence-electron chi connectivity index (χ3n) is 9.68. The average Bonchev–Trinajstić information content (AvgIpc) is 2.80. The van der Waals surface area contributed by atoms with E-state index in [0.29, 0.717) is 5.41 Å². The summed E-state index contributed by atoms with van der Waals surface area (Å²) < 4.78 is 0. The van der Waals surface area contributed by atoms with Crippen molar-refractivity contribution in [1.82, 2.24) is 0 Å². The zero-order valence-corrected chi connectivity index (χ0v) is 22.4. The SMILES string of the molecule is CCCN1c2cc(C)c(C=Nc3ccc(C45CC6CC(CC(C6)C4)C5)cc3)cc2C(C)=CC1(C)C. The number of aryl methyl sites for hydroxylation is 1. The first-order valence-electron chi connectivity index (χ1n) is 14.0. The standard InChI is InChI=1S/C33H42N2/c1-6-11-35-31-12-22(2)27(16-30(31)23(3)17-32(35,4)5)21-34-29-9-7-28(8-10-29)33-18-24-13-25(19-33)15-26(14-24)20-33/h7-10,12,16-17,21,24-26H,6,11,13-15,18-20H2,1-5H3. The van der Waals surface area contributed by atoms with Crippen molar-refractivity contribution in [2.45, 2.75) is 90.5 Å². The number of aliphatic imine (C=N–C) groups is 1. The molecule has 0 radical (unpaired) electrons. The highest BCUT2D eigenvalue weighted by Crippen LogP contribution is 2.60. The van der Waals surface area contributed by atoms with Crippen LogP contribution in [0.4, 0.5) is 11.4 Å². The van der Waals surface area contributed by atoms with Gasteiger partial charge in [-0.3, -0.25) is 4.99 Å². The Labute approximate surface area is 212 Å². The summed E-state index contributed by atoms with van der Waals surface area (Å²) in [6.07, 6.45) is 14.4. The van der Waals surface area contributed by atoms with Gasteiger partial charge in [-0.1, -0.05) is 25.1 Å². The second-order valence-corrected chi connectivity index (χ2v) is 12.9. The molecule has 0 unspecified atom stereocenters. The van der Waals surface area contributed by atoms with E-state index in [4.69, 9.17) is 4.99 Å². The second-order valence-electron chi connectivity index (χ2n) is 12.9. The van der Waals surface area contributed by atoms with Crippen LogP contribution in [0.25, 0.3) is 5.57 Å². The number of benzene rings is 2. The molecule has 1 aliphatic heterocycles. The molecule has 0 aromatic heterocycles. The Morgan fingerprint density at radius 2 is 1.57 bits per heavy atom. The fourth-order valence-electron chi connectivity index (χ4n) is 8.53. The molecule has 0 spiro atoms. The fourth-order valence-corrected chi connectivity index (χ4v) is 8.53. The molecule has 4 saturated carbocycles. The van der Waals surface area contributed by atoms with E-state index in [-0.39, 0.29) is 5.54 Å². The van der Waals surface area contributed by atoms with Crippen molar-refractivity contribution in [3.63, 3.8) is 0 Å². The van der Waals surface area contributed by atoms with Crippen LogP contribution in [-0.2, 0) is 5.41 Å². The van der Waals surface area contributed by atoms with E-state index in [2.05, 4.69) is 88.2 Å². The maximum Gasteiger partial charge on any atom is 0.0630 e. The van der Waals surface area contributed by atoms with E-state index in [1.165, 1.54) is 66.5 Å². The Kier molecular flexibility index (Phi) is 5.51. The summed E-state index contributed by atoms with van der Waals surface area (Å²) in [5.41, 5.74) is 9.76. The van der Waals surface area contributed by atoms with Gasteiger partial charge in [0.25, 0.3) is 0 Å². The van der Waals surface area contributed by atoms with Crippen LogP contribution in [0.5, 0.6) is 0 Å². The molecule has 4 fully saturated rings. The van der Waals surface area contributed by atoms with E-state index < -0.39 is 0 Å². The molecule has 35 heavy (non-hydrogen) atoms. The molecular formula is C33H42N2. The van der Waals surface area contributed by atoms with Gasteiger partial charge in [0.1, 0.15) is 0 Å². The molecule has 4 aliphatic carbocycles. The quantitative estimate of drug-likeness (QED) is 0.403. The van der Waals surface area contributed by atoms with Gasteiger partial charge in [0, 0.05) is 24.0 Å². The van der Waals surface area contributed by atoms with Crippen LogP contribution < -0.4 is 4.90 Å². The molecule has 0 N–H and O–H groups in total. The minimum absolute atomic E-state index is 0.0492. The number of nitrogens with zero attached hydrogens (tertiary/aromatic N) is 2. The first-order chi connectivity index (χ1) is 16.8. The number of allylic oxidation sites excluding steroid dienone is 1. The number of fused-ring (bicyclic) bond motifs is 1.